The molecule has 1 aromatic carbocycles. The molecule has 0 bridgehead atoms. The number of aromatic nitrogens is 1. The molecule has 1 aromatic heterocycles. The van der Waals surface area contributed by atoms with E-state index in [1.807, 2.05) is 6.07 Å². The molecular formula is C17H19FN4O. The van der Waals surface area contributed by atoms with Crippen molar-refractivity contribution in [3.05, 3.63) is 54.0 Å². The first-order valence-corrected chi connectivity index (χ1v) is 7.58. The summed E-state index contributed by atoms with van der Waals surface area (Å²) in [6, 6.07) is 9.16. The SMILES string of the molecule is CN1CCN(c2ccc(NC(=O)c3ccc(F)cc3)nc2)CC1. The summed E-state index contributed by atoms with van der Waals surface area (Å²) >= 11 is 0. The van der Waals surface area contributed by atoms with Crippen LogP contribution in [0.2, 0.25) is 0 Å². The van der Waals surface area contributed by atoms with Gasteiger partial charge < -0.3 is 15.1 Å². The summed E-state index contributed by atoms with van der Waals surface area (Å²) in [6.45, 7) is 4.00. The number of carbonyl (C=O) groups excluding carboxylic acids is 1. The Hall–Kier alpha value is -2.47. The molecule has 0 unspecified atom stereocenters. The highest BCUT2D eigenvalue weighted by Gasteiger charge is 2.14. The average molecular weight is 314 g/mol. The fraction of sp³-hybridized carbons (Fsp3) is 0.294. The highest BCUT2D eigenvalue weighted by molar-refractivity contribution is 6.03. The van der Waals surface area contributed by atoms with E-state index in [9.17, 15) is 9.18 Å². The number of nitrogens with zero attached hydrogens (tertiary/aromatic N) is 3. The lowest BCUT2D eigenvalue weighted by Gasteiger charge is -2.33. The number of rotatable bonds is 3. The standard InChI is InChI=1S/C17H19FN4O/c1-21-8-10-22(11-9-21)15-6-7-16(19-12-15)20-17(23)13-2-4-14(18)5-3-13/h2-7,12H,8-11H2,1H3,(H,19,20,23). The summed E-state index contributed by atoms with van der Waals surface area (Å²) in [5, 5.41) is 2.72. The first kappa shape index (κ1) is 15.4. The maximum atomic E-state index is 12.9. The molecular weight excluding hydrogens is 295 g/mol. The zero-order chi connectivity index (χ0) is 16.2. The van der Waals surface area contributed by atoms with E-state index in [0.29, 0.717) is 11.4 Å². The van der Waals surface area contributed by atoms with Crippen molar-refractivity contribution in [3.8, 4) is 0 Å². The molecule has 0 saturated carbocycles. The number of pyridine rings is 1. The van der Waals surface area contributed by atoms with Gasteiger partial charge in [-0.1, -0.05) is 0 Å². The zero-order valence-electron chi connectivity index (χ0n) is 13.0. The molecule has 0 radical (unpaired) electrons. The summed E-state index contributed by atoms with van der Waals surface area (Å²) in [5.41, 5.74) is 1.45. The lowest BCUT2D eigenvalue weighted by molar-refractivity contribution is 0.102. The fourth-order valence-electron chi connectivity index (χ4n) is 2.50. The first-order chi connectivity index (χ1) is 11.1. The molecule has 0 spiro atoms. The number of amides is 1. The molecule has 1 aliphatic heterocycles. The van der Waals surface area contributed by atoms with Crippen molar-refractivity contribution in [2.45, 2.75) is 0 Å². The van der Waals surface area contributed by atoms with Crippen LogP contribution in [0.4, 0.5) is 15.9 Å². The number of benzene rings is 1. The van der Waals surface area contributed by atoms with Gasteiger partial charge in [0.1, 0.15) is 11.6 Å². The largest absolute Gasteiger partial charge is 0.368 e. The monoisotopic (exact) mass is 314 g/mol. The predicted octanol–water partition coefficient (Wildman–Crippen LogP) is 2.22. The van der Waals surface area contributed by atoms with Gasteiger partial charge in [-0.3, -0.25) is 4.79 Å². The second-order valence-corrected chi connectivity index (χ2v) is 5.65. The van der Waals surface area contributed by atoms with Gasteiger partial charge in [-0.25, -0.2) is 9.37 Å². The lowest BCUT2D eigenvalue weighted by Crippen LogP contribution is -2.44. The minimum atomic E-state index is -0.365. The second kappa shape index (κ2) is 6.75. The fourth-order valence-corrected chi connectivity index (χ4v) is 2.50. The van der Waals surface area contributed by atoms with Crippen molar-refractivity contribution in [3.63, 3.8) is 0 Å². The lowest BCUT2D eigenvalue weighted by atomic mass is 10.2. The van der Waals surface area contributed by atoms with Crippen LogP contribution in [0.25, 0.3) is 0 Å². The van der Waals surface area contributed by atoms with E-state index in [-0.39, 0.29) is 11.7 Å². The molecule has 1 saturated heterocycles. The molecule has 1 fully saturated rings. The summed E-state index contributed by atoms with van der Waals surface area (Å²) in [7, 11) is 2.11. The molecule has 3 rings (SSSR count). The van der Waals surface area contributed by atoms with E-state index in [4.69, 9.17) is 0 Å². The Morgan fingerprint density at radius 2 is 1.78 bits per heavy atom. The minimum absolute atomic E-state index is 0.301. The number of nitrogens with one attached hydrogen (secondary N) is 1. The summed E-state index contributed by atoms with van der Waals surface area (Å²) < 4.78 is 12.9. The van der Waals surface area contributed by atoms with Gasteiger partial charge in [0, 0.05) is 31.7 Å². The number of piperazine rings is 1. The number of carbonyl (C=O) groups is 1. The Labute approximate surface area is 134 Å². The Bertz CT molecular complexity index is 664. The third-order valence-electron chi connectivity index (χ3n) is 3.96. The van der Waals surface area contributed by atoms with E-state index in [1.54, 1.807) is 12.3 Å². The van der Waals surface area contributed by atoms with Gasteiger partial charge >= 0.3 is 0 Å². The van der Waals surface area contributed by atoms with E-state index in [2.05, 4.69) is 27.1 Å². The van der Waals surface area contributed by atoms with Gasteiger partial charge in [-0.15, -0.1) is 0 Å². The molecule has 0 aliphatic carbocycles. The minimum Gasteiger partial charge on any atom is -0.368 e. The highest BCUT2D eigenvalue weighted by Crippen LogP contribution is 2.17. The van der Waals surface area contributed by atoms with Gasteiger partial charge in [0.2, 0.25) is 0 Å². The number of anilines is 2. The van der Waals surface area contributed by atoms with E-state index in [1.165, 1.54) is 24.3 Å². The van der Waals surface area contributed by atoms with Crippen LogP contribution in [-0.4, -0.2) is 49.0 Å². The third kappa shape index (κ3) is 3.84. The molecule has 5 nitrogen and oxygen atoms in total. The third-order valence-corrected chi connectivity index (χ3v) is 3.96. The van der Waals surface area contributed by atoms with Crippen LogP contribution in [0.15, 0.2) is 42.6 Å². The highest BCUT2D eigenvalue weighted by atomic mass is 19.1. The zero-order valence-corrected chi connectivity index (χ0v) is 13.0. The molecule has 6 heteroatoms. The molecule has 1 aliphatic rings. The van der Waals surface area contributed by atoms with Gasteiger partial charge in [-0.2, -0.15) is 0 Å². The number of hydrogen-bond acceptors (Lipinski definition) is 4. The van der Waals surface area contributed by atoms with Crippen molar-refractivity contribution in [2.24, 2.45) is 0 Å². The van der Waals surface area contributed by atoms with Gasteiger partial charge in [0.15, 0.2) is 0 Å². The van der Waals surface area contributed by atoms with Crippen LogP contribution in [-0.2, 0) is 0 Å². The van der Waals surface area contributed by atoms with Gasteiger partial charge in [0.05, 0.1) is 11.9 Å². The Morgan fingerprint density at radius 1 is 1.09 bits per heavy atom. The van der Waals surface area contributed by atoms with Gasteiger partial charge in [0.25, 0.3) is 5.91 Å². The number of likely N-dealkylation sites (N-methyl/N-ethyl adjacent to an activating group) is 1. The van der Waals surface area contributed by atoms with Crippen LogP contribution < -0.4 is 10.2 Å². The topological polar surface area (TPSA) is 48.5 Å². The van der Waals surface area contributed by atoms with Crippen LogP contribution in [0.3, 0.4) is 0 Å². The summed E-state index contributed by atoms with van der Waals surface area (Å²) in [5.74, 6) is -0.182. The molecule has 1 N–H and O–H groups in total. The van der Waals surface area contributed by atoms with Crippen LogP contribution in [0, 0.1) is 5.82 Å². The first-order valence-electron chi connectivity index (χ1n) is 7.58. The normalized spacial score (nSPS) is 15.5. The number of hydrogen-bond donors (Lipinski definition) is 1. The molecule has 1 amide bonds. The van der Waals surface area contributed by atoms with Crippen molar-refractivity contribution < 1.29 is 9.18 Å². The maximum Gasteiger partial charge on any atom is 0.256 e. The second-order valence-electron chi connectivity index (χ2n) is 5.65. The summed E-state index contributed by atoms with van der Waals surface area (Å²) in [6.07, 6.45) is 1.77. The predicted molar refractivity (Wildman–Crippen MR) is 88.3 cm³/mol. The van der Waals surface area contributed by atoms with Crippen LogP contribution in [0.5, 0.6) is 0 Å². The molecule has 23 heavy (non-hydrogen) atoms. The average Bonchev–Trinajstić information content (AvgIpc) is 2.57. The van der Waals surface area contributed by atoms with E-state index < -0.39 is 0 Å². The quantitative estimate of drug-likeness (QED) is 0.944. The molecule has 2 heterocycles. The molecule has 2 aromatic rings. The Morgan fingerprint density at radius 3 is 2.39 bits per heavy atom. The maximum absolute atomic E-state index is 12.9. The Balaban J connectivity index is 1.63. The molecule has 0 atom stereocenters. The smallest absolute Gasteiger partial charge is 0.256 e. The van der Waals surface area contributed by atoms with E-state index >= 15 is 0 Å². The van der Waals surface area contributed by atoms with Crippen LogP contribution in [0.1, 0.15) is 10.4 Å². The Kier molecular flexibility index (Phi) is 4.52. The molecule has 120 valence electrons. The van der Waals surface area contributed by atoms with Crippen molar-refractivity contribution in [1.82, 2.24) is 9.88 Å². The number of halogens is 1. The van der Waals surface area contributed by atoms with E-state index in [0.717, 1.165) is 31.9 Å². The van der Waals surface area contributed by atoms with Crippen LogP contribution >= 0.6 is 0 Å². The summed E-state index contributed by atoms with van der Waals surface area (Å²) in [4.78, 5) is 20.9. The van der Waals surface area contributed by atoms with Crippen molar-refractivity contribution in [1.29, 1.82) is 0 Å². The van der Waals surface area contributed by atoms with Crippen molar-refractivity contribution >= 4 is 17.4 Å². The van der Waals surface area contributed by atoms with Crippen molar-refractivity contribution in [2.75, 3.05) is 43.4 Å². The van der Waals surface area contributed by atoms with Gasteiger partial charge in [-0.05, 0) is 43.4 Å².